The van der Waals surface area contributed by atoms with Crippen molar-refractivity contribution < 1.29 is 23.5 Å². The van der Waals surface area contributed by atoms with Gasteiger partial charge in [0, 0.05) is 11.5 Å². The first-order valence-electron chi connectivity index (χ1n) is 7.11. The van der Waals surface area contributed by atoms with E-state index in [1.165, 1.54) is 12.1 Å². The SMILES string of the molecule is CCOC(=O)CC(NC(=O)c1ccc(F)cc1)C(=O)C(C)C. The monoisotopic (exact) mass is 309 g/mol. The first kappa shape index (κ1) is 17.8. The molecule has 0 aromatic heterocycles. The molecular weight excluding hydrogens is 289 g/mol. The maximum Gasteiger partial charge on any atom is 0.308 e. The molecule has 0 bridgehead atoms. The number of nitrogens with one attached hydrogen (secondary N) is 1. The quantitative estimate of drug-likeness (QED) is 0.783. The third kappa shape index (κ3) is 5.27. The lowest BCUT2D eigenvalue weighted by Crippen LogP contribution is -2.44. The van der Waals surface area contributed by atoms with Crippen molar-refractivity contribution in [3.05, 3.63) is 35.6 Å². The normalized spacial score (nSPS) is 11.9. The van der Waals surface area contributed by atoms with Gasteiger partial charge in [-0.05, 0) is 31.2 Å². The lowest BCUT2D eigenvalue weighted by Gasteiger charge is -2.19. The number of rotatable bonds is 7. The van der Waals surface area contributed by atoms with Crippen molar-refractivity contribution in [2.45, 2.75) is 33.2 Å². The van der Waals surface area contributed by atoms with E-state index in [4.69, 9.17) is 4.74 Å². The Bertz CT molecular complexity index is 540. The van der Waals surface area contributed by atoms with Crippen LogP contribution in [-0.2, 0) is 14.3 Å². The van der Waals surface area contributed by atoms with Crippen molar-refractivity contribution in [2.75, 3.05) is 6.61 Å². The van der Waals surface area contributed by atoms with Gasteiger partial charge < -0.3 is 10.1 Å². The van der Waals surface area contributed by atoms with Crippen LogP contribution >= 0.6 is 0 Å². The summed E-state index contributed by atoms with van der Waals surface area (Å²) in [7, 11) is 0. The Morgan fingerprint density at radius 1 is 1.18 bits per heavy atom. The number of ketones is 1. The van der Waals surface area contributed by atoms with Crippen molar-refractivity contribution in [2.24, 2.45) is 5.92 Å². The number of amides is 1. The summed E-state index contributed by atoms with van der Waals surface area (Å²) in [5.41, 5.74) is 0.215. The van der Waals surface area contributed by atoms with Gasteiger partial charge in [0.05, 0.1) is 19.1 Å². The number of benzene rings is 1. The number of hydrogen-bond acceptors (Lipinski definition) is 4. The van der Waals surface area contributed by atoms with Crippen molar-refractivity contribution in [3.63, 3.8) is 0 Å². The molecule has 0 fully saturated rings. The fraction of sp³-hybridized carbons (Fsp3) is 0.438. The van der Waals surface area contributed by atoms with Crippen LogP contribution in [0.3, 0.4) is 0 Å². The van der Waals surface area contributed by atoms with Crippen LogP contribution in [0.15, 0.2) is 24.3 Å². The number of carbonyl (C=O) groups excluding carboxylic acids is 3. The van der Waals surface area contributed by atoms with E-state index in [9.17, 15) is 18.8 Å². The molecule has 6 heteroatoms. The van der Waals surface area contributed by atoms with Gasteiger partial charge in [-0.15, -0.1) is 0 Å². The van der Waals surface area contributed by atoms with Crippen LogP contribution in [-0.4, -0.2) is 30.3 Å². The van der Waals surface area contributed by atoms with E-state index in [-0.39, 0.29) is 30.3 Å². The maximum atomic E-state index is 12.9. The zero-order chi connectivity index (χ0) is 16.7. The van der Waals surface area contributed by atoms with Gasteiger partial charge in [0.2, 0.25) is 0 Å². The standard InChI is InChI=1S/C16H20FNO4/c1-4-22-14(19)9-13(15(20)10(2)3)18-16(21)11-5-7-12(17)8-6-11/h5-8,10,13H,4,9H2,1-3H3,(H,18,21). The van der Waals surface area contributed by atoms with Crippen LogP contribution in [0, 0.1) is 11.7 Å². The summed E-state index contributed by atoms with van der Waals surface area (Å²) in [6.07, 6.45) is -0.224. The minimum atomic E-state index is -0.961. The third-order valence-corrected chi connectivity index (χ3v) is 3.00. The second kappa shape index (κ2) is 8.26. The molecule has 0 aliphatic carbocycles. The van der Waals surface area contributed by atoms with Gasteiger partial charge in [0.1, 0.15) is 5.82 Å². The average Bonchev–Trinajstić information content (AvgIpc) is 2.46. The molecule has 0 aliphatic rings. The van der Waals surface area contributed by atoms with Gasteiger partial charge in [-0.3, -0.25) is 14.4 Å². The van der Waals surface area contributed by atoms with Crippen LogP contribution in [0.5, 0.6) is 0 Å². The second-order valence-corrected chi connectivity index (χ2v) is 5.10. The molecule has 1 aromatic rings. The summed E-state index contributed by atoms with van der Waals surface area (Å²) >= 11 is 0. The maximum absolute atomic E-state index is 12.9. The van der Waals surface area contributed by atoms with Crippen LogP contribution < -0.4 is 5.32 Å². The topological polar surface area (TPSA) is 72.5 Å². The molecule has 5 nitrogen and oxygen atoms in total. The molecule has 22 heavy (non-hydrogen) atoms. The van der Waals surface area contributed by atoms with Crippen molar-refractivity contribution >= 4 is 17.7 Å². The number of carbonyl (C=O) groups is 3. The molecular formula is C16H20FNO4. The zero-order valence-electron chi connectivity index (χ0n) is 12.9. The predicted octanol–water partition coefficient (Wildman–Crippen LogP) is 2.10. The first-order valence-corrected chi connectivity index (χ1v) is 7.11. The molecule has 1 unspecified atom stereocenters. The minimum absolute atomic E-state index is 0.202. The Morgan fingerprint density at radius 3 is 2.27 bits per heavy atom. The summed E-state index contributed by atoms with van der Waals surface area (Å²) in [5, 5.41) is 2.51. The summed E-state index contributed by atoms with van der Waals surface area (Å²) in [6.45, 7) is 5.23. The van der Waals surface area contributed by atoms with Gasteiger partial charge in [0.25, 0.3) is 5.91 Å². The molecule has 0 saturated heterocycles. The van der Waals surface area contributed by atoms with E-state index < -0.39 is 23.7 Å². The Morgan fingerprint density at radius 2 is 1.77 bits per heavy atom. The van der Waals surface area contributed by atoms with Gasteiger partial charge in [-0.25, -0.2) is 4.39 Å². The zero-order valence-corrected chi connectivity index (χ0v) is 12.9. The molecule has 1 amide bonds. The number of halogens is 1. The van der Waals surface area contributed by atoms with E-state index >= 15 is 0 Å². The Balaban J connectivity index is 2.83. The highest BCUT2D eigenvalue weighted by Gasteiger charge is 2.26. The Hall–Kier alpha value is -2.24. The highest BCUT2D eigenvalue weighted by atomic mass is 19.1. The highest BCUT2D eigenvalue weighted by Crippen LogP contribution is 2.08. The molecule has 1 aromatic carbocycles. The second-order valence-electron chi connectivity index (χ2n) is 5.10. The smallest absolute Gasteiger partial charge is 0.308 e. The average molecular weight is 309 g/mol. The Kier molecular flexibility index (Phi) is 6.69. The molecule has 1 rings (SSSR count). The third-order valence-electron chi connectivity index (χ3n) is 3.00. The largest absolute Gasteiger partial charge is 0.466 e. The van der Waals surface area contributed by atoms with Crippen LogP contribution in [0.25, 0.3) is 0 Å². The number of ether oxygens (including phenoxy) is 1. The van der Waals surface area contributed by atoms with Gasteiger partial charge in [-0.2, -0.15) is 0 Å². The number of hydrogen-bond donors (Lipinski definition) is 1. The Labute approximate surface area is 128 Å². The van der Waals surface area contributed by atoms with E-state index in [2.05, 4.69) is 5.32 Å². The van der Waals surface area contributed by atoms with E-state index in [0.29, 0.717) is 0 Å². The summed E-state index contributed by atoms with van der Waals surface area (Å²) < 4.78 is 17.7. The summed E-state index contributed by atoms with van der Waals surface area (Å²) in [5.74, 6) is -2.15. The van der Waals surface area contributed by atoms with Crippen LogP contribution in [0.4, 0.5) is 4.39 Å². The van der Waals surface area contributed by atoms with Crippen molar-refractivity contribution in [1.29, 1.82) is 0 Å². The summed E-state index contributed by atoms with van der Waals surface area (Å²) in [6, 6.07) is 3.97. The van der Waals surface area contributed by atoms with E-state index in [1.807, 2.05) is 0 Å². The molecule has 120 valence electrons. The molecule has 0 saturated carbocycles. The molecule has 0 aliphatic heterocycles. The van der Waals surface area contributed by atoms with Gasteiger partial charge in [-0.1, -0.05) is 13.8 Å². The molecule has 1 atom stereocenters. The van der Waals surface area contributed by atoms with Crippen molar-refractivity contribution in [1.82, 2.24) is 5.32 Å². The van der Waals surface area contributed by atoms with E-state index in [0.717, 1.165) is 12.1 Å². The fourth-order valence-corrected chi connectivity index (χ4v) is 1.85. The molecule has 0 heterocycles. The van der Waals surface area contributed by atoms with Gasteiger partial charge in [0.15, 0.2) is 5.78 Å². The predicted molar refractivity (Wildman–Crippen MR) is 78.7 cm³/mol. The lowest BCUT2D eigenvalue weighted by molar-refractivity contribution is -0.145. The number of Topliss-reactive ketones (excluding diaryl/α,β-unsaturated/α-hetero) is 1. The molecule has 1 N–H and O–H groups in total. The number of esters is 1. The minimum Gasteiger partial charge on any atom is -0.466 e. The van der Waals surface area contributed by atoms with Crippen LogP contribution in [0.2, 0.25) is 0 Å². The van der Waals surface area contributed by atoms with E-state index in [1.54, 1.807) is 20.8 Å². The summed E-state index contributed by atoms with van der Waals surface area (Å²) in [4.78, 5) is 35.8. The van der Waals surface area contributed by atoms with Crippen LogP contribution in [0.1, 0.15) is 37.6 Å². The van der Waals surface area contributed by atoms with Crippen molar-refractivity contribution in [3.8, 4) is 0 Å². The highest BCUT2D eigenvalue weighted by molar-refractivity contribution is 5.99. The van der Waals surface area contributed by atoms with Gasteiger partial charge >= 0.3 is 5.97 Å². The lowest BCUT2D eigenvalue weighted by atomic mass is 9.99. The molecule has 0 radical (unpaired) electrons. The molecule has 0 spiro atoms. The fourth-order valence-electron chi connectivity index (χ4n) is 1.85. The first-order chi connectivity index (χ1) is 10.3.